The SMILES string of the molecule is CCc1nc(CC)c2c(CC(=O)O)c[nH]c2n1. The van der Waals surface area contributed by atoms with Gasteiger partial charge in [0.2, 0.25) is 0 Å². The number of nitrogens with one attached hydrogen (secondary N) is 1. The van der Waals surface area contributed by atoms with Gasteiger partial charge in [0.05, 0.1) is 12.1 Å². The molecule has 2 aromatic heterocycles. The number of aliphatic carboxylic acids is 1. The van der Waals surface area contributed by atoms with Crippen molar-refractivity contribution in [3.05, 3.63) is 23.3 Å². The highest BCUT2D eigenvalue weighted by molar-refractivity contribution is 5.86. The fourth-order valence-corrected chi connectivity index (χ4v) is 1.94. The molecule has 0 aromatic carbocycles. The topological polar surface area (TPSA) is 78.9 Å². The summed E-state index contributed by atoms with van der Waals surface area (Å²) in [5, 5.41) is 9.72. The second-order valence-corrected chi connectivity index (χ2v) is 3.90. The van der Waals surface area contributed by atoms with Gasteiger partial charge in [-0.25, -0.2) is 9.97 Å². The molecule has 0 bridgehead atoms. The number of carboxylic acids is 1. The Labute approximate surface area is 98.9 Å². The maximum Gasteiger partial charge on any atom is 0.307 e. The molecule has 2 aromatic rings. The molecular weight excluding hydrogens is 218 g/mol. The zero-order valence-electron chi connectivity index (χ0n) is 9.95. The summed E-state index contributed by atoms with van der Waals surface area (Å²) in [6, 6.07) is 0. The molecule has 0 atom stereocenters. The van der Waals surface area contributed by atoms with Crippen molar-refractivity contribution in [2.75, 3.05) is 0 Å². The molecule has 5 heteroatoms. The van der Waals surface area contributed by atoms with Gasteiger partial charge in [-0.15, -0.1) is 0 Å². The van der Waals surface area contributed by atoms with Gasteiger partial charge in [0, 0.05) is 18.0 Å². The summed E-state index contributed by atoms with van der Waals surface area (Å²) in [6.07, 6.45) is 3.26. The Morgan fingerprint density at radius 3 is 2.71 bits per heavy atom. The Morgan fingerprint density at radius 1 is 1.35 bits per heavy atom. The van der Waals surface area contributed by atoms with Crippen LogP contribution in [0.15, 0.2) is 6.20 Å². The van der Waals surface area contributed by atoms with Gasteiger partial charge in [0.15, 0.2) is 0 Å². The fraction of sp³-hybridized carbons (Fsp3) is 0.417. The number of rotatable bonds is 4. The first-order valence-electron chi connectivity index (χ1n) is 5.73. The lowest BCUT2D eigenvalue weighted by Gasteiger charge is -2.04. The summed E-state index contributed by atoms with van der Waals surface area (Å²) in [6.45, 7) is 4.01. The van der Waals surface area contributed by atoms with Crippen LogP contribution >= 0.6 is 0 Å². The van der Waals surface area contributed by atoms with Gasteiger partial charge in [0.1, 0.15) is 11.5 Å². The van der Waals surface area contributed by atoms with E-state index in [0.29, 0.717) is 0 Å². The molecule has 0 amide bonds. The van der Waals surface area contributed by atoms with Crippen molar-refractivity contribution in [1.29, 1.82) is 0 Å². The minimum Gasteiger partial charge on any atom is -0.481 e. The lowest BCUT2D eigenvalue weighted by atomic mass is 10.1. The van der Waals surface area contributed by atoms with Crippen molar-refractivity contribution in [3.8, 4) is 0 Å². The van der Waals surface area contributed by atoms with E-state index in [0.717, 1.165) is 41.0 Å². The van der Waals surface area contributed by atoms with Gasteiger partial charge >= 0.3 is 5.97 Å². The van der Waals surface area contributed by atoms with Crippen molar-refractivity contribution < 1.29 is 9.90 Å². The van der Waals surface area contributed by atoms with Crippen LogP contribution in [0.4, 0.5) is 0 Å². The van der Waals surface area contributed by atoms with Crippen LogP contribution in [0, 0.1) is 0 Å². The van der Waals surface area contributed by atoms with Crippen LogP contribution in [0.5, 0.6) is 0 Å². The van der Waals surface area contributed by atoms with Gasteiger partial charge in [-0.2, -0.15) is 0 Å². The molecule has 2 N–H and O–H groups in total. The number of aryl methyl sites for hydroxylation is 2. The van der Waals surface area contributed by atoms with Crippen LogP contribution in [-0.4, -0.2) is 26.0 Å². The Kier molecular flexibility index (Phi) is 3.08. The minimum atomic E-state index is -0.840. The molecule has 0 unspecified atom stereocenters. The maximum atomic E-state index is 10.8. The zero-order chi connectivity index (χ0) is 12.4. The van der Waals surface area contributed by atoms with Gasteiger partial charge < -0.3 is 10.1 Å². The molecule has 0 fully saturated rings. The van der Waals surface area contributed by atoms with Crippen molar-refractivity contribution in [2.24, 2.45) is 0 Å². The smallest absolute Gasteiger partial charge is 0.307 e. The molecule has 0 saturated carbocycles. The molecule has 2 rings (SSSR count). The number of aromatic nitrogens is 3. The fourth-order valence-electron chi connectivity index (χ4n) is 1.94. The van der Waals surface area contributed by atoms with Crippen LogP contribution in [0.3, 0.4) is 0 Å². The number of carbonyl (C=O) groups is 1. The minimum absolute atomic E-state index is 0.00182. The third-order valence-electron chi connectivity index (χ3n) is 2.73. The third kappa shape index (κ3) is 2.13. The van der Waals surface area contributed by atoms with E-state index >= 15 is 0 Å². The average Bonchev–Trinajstić information content (AvgIpc) is 2.70. The molecule has 0 spiro atoms. The van der Waals surface area contributed by atoms with Crippen molar-refractivity contribution in [3.63, 3.8) is 0 Å². The van der Waals surface area contributed by atoms with Gasteiger partial charge in [0.25, 0.3) is 0 Å². The summed E-state index contributed by atoms with van der Waals surface area (Å²) >= 11 is 0. The predicted molar refractivity (Wildman–Crippen MR) is 64.0 cm³/mol. The molecule has 2 heterocycles. The van der Waals surface area contributed by atoms with Crippen molar-refractivity contribution in [2.45, 2.75) is 33.1 Å². The summed E-state index contributed by atoms with van der Waals surface area (Å²) in [7, 11) is 0. The number of hydrogen-bond acceptors (Lipinski definition) is 3. The lowest BCUT2D eigenvalue weighted by molar-refractivity contribution is -0.136. The highest BCUT2D eigenvalue weighted by Crippen LogP contribution is 2.21. The quantitative estimate of drug-likeness (QED) is 0.842. The maximum absolute atomic E-state index is 10.8. The van der Waals surface area contributed by atoms with Crippen molar-refractivity contribution >= 4 is 17.0 Å². The first-order chi connectivity index (χ1) is 8.15. The number of fused-ring (bicyclic) bond motifs is 1. The monoisotopic (exact) mass is 233 g/mol. The molecule has 0 saturated heterocycles. The lowest BCUT2D eigenvalue weighted by Crippen LogP contribution is -2.02. The van der Waals surface area contributed by atoms with E-state index < -0.39 is 5.97 Å². The highest BCUT2D eigenvalue weighted by atomic mass is 16.4. The number of nitrogens with zero attached hydrogens (tertiary/aromatic N) is 2. The molecule has 90 valence electrons. The largest absolute Gasteiger partial charge is 0.481 e. The second-order valence-electron chi connectivity index (χ2n) is 3.90. The van der Waals surface area contributed by atoms with E-state index in [2.05, 4.69) is 15.0 Å². The van der Waals surface area contributed by atoms with Gasteiger partial charge in [-0.1, -0.05) is 13.8 Å². The number of carboxylic acid groups (broad SMARTS) is 1. The molecule has 5 nitrogen and oxygen atoms in total. The van der Waals surface area contributed by atoms with E-state index in [1.54, 1.807) is 6.20 Å². The van der Waals surface area contributed by atoms with Crippen LogP contribution in [0.2, 0.25) is 0 Å². The van der Waals surface area contributed by atoms with E-state index in [1.165, 1.54) is 0 Å². The third-order valence-corrected chi connectivity index (χ3v) is 2.73. The molecule has 0 aliphatic heterocycles. The molecule has 0 aliphatic carbocycles. The summed E-state index contributed by atoms with van der Waals surface area (Å²) < 4.78 is 0. The van der Waals surface area contributed by atoms with E-state index in [-0.39, 0.29) is 6.42 Å². The number of hydrogen-bond donors (Lipinski definition) is 2. The van der Waals surface area contributed by atoms with Crippen molar-refractivity contribution in [1.82, 2.24) is 15.0 Å². The zero-order valence-corrected chi connectivity index (χ0v) is 9.95. The Balaban J connectivity index is 2.61. The average molecular weight is 233 g/mol. The molecular formula is C12H15N3O2. The van der Waals surface area contributed by atoms with Crippen LogP contribution < -0.4 is 0 Å². The second kappa shape index (κ2) is 4.53. The van der Waals surface area contributed by atoms with Gasteiger partial charge in [-0.3, -0.25) is 4.79 Å². The van der Waals surface area contributed by atoms with E-state index in [4.69, 9.17) is 5.11 Å². The van der Waals surface area contributed by atoms with Crippen LogP contribution in [0.25, 0.3) is 11.0 Å². The summed E-state index contributed by atoms with van der Waals surface area (Å²) in [5.74, 6) is -0.0504. The number of aromatic amines is 1. The molecule has 17 heavy (non-hydrogen) atoms. The van der Waals surface area contributed by atoms with E-state index in [1.807, 2.05) is 13.8 Å². The number of H-pyrrole nitrogens is 1. The Morgan fingerprint density at radius 2 is 2.12 bits per heavy atom. The normalized spacial score (nSPS) is 10.9. The first kappa shape index (κ1) is 11.6. The highest BCUT2D eigenvalue weighted by Gasteiger charge is 2.13. The molecule has 0 radical (unpaired) electrons. The Bertz CT molecular complexity index is 560. The predicted octanol–water partition coefficient (Wildman–Crippen LogP) is 1.71. The summed E-state index contributed by atoms with van der Waals surface area (Å²) in [4.78, 5) is 22.6. The van der Waals surface area contributed by atoms with Crippen LogP contribution in [-0.2, 0) is 24.1 Å². The summed E-state index contributed by atoms with van der Waals surface area (Å²) in [5.41, 5.74) is 2.42. The molecule has 0 aliphatic rings. The Hall–Kier alpha value is -1.91. The first-order valence-corrected chi connectivity index (χ1v) is 5.73. The van der Waals surface area contributed by atoms with Gasteiger partial charge in [-0.05, 0) is 12.0 Å². The van der Waals surface area contributed by atoms with Crippen LogP contribution in [0.1, 0.15) is 30.9 Å². The van der Waals surface area contributed by atoms with E-state index in [9.17, 15) is 4.79 Å². The standard InChI is InChI=1S/C12H15N3O2/c1-3-8-11-7(5-10(16)17)6-13-12(11)15-9(4-2)14-8/h6H,3-5H2,1-2H3,(H,16,17)(H,13,14,15).